The standard InChI is InChI=1S/C24H26N4O2S2/c1-13-3-10-18-19(11-13)32-24-21(18)23(27-22(28-24)15-4-5-15)31-12-20(30)26-17-8-6-16(7-9-17)25-14(2)29/h6-9,13,15H,3-5,10-12H2,1-2H3,(H,25,29)(H,26,30)/t13-/m1/s1. The monoisotopic (exact) mass is 466 g/mol. The van der Waals surface area contributed by atoms with Crippen molar-refractivity contribution >= 4 is 56.5 Å². The van der Waals surface area contributed by atoms with Crippen LogP contribution in [-0.2, 0) is 22.4 Å². The lowest BCUT2D eigenvalue weighted by Gasteiger charge is -2.18. The van der Waals surface area contributed by atoms with Crippen molar-refractivity contribution in [3.63, 3.8) is 0 Å². The first kappa shape index (κ1) is 21.4. The highest BCUT2D eigenvalue weighted by atomic mass is 32.2. The van der Waals surface area contributed by atoms with E-state index in [4.69, 9.17) is 9.97 Å². The number of carbonyl (C=O) groups is 2. The summed E-state index contributed by atoms with van der Waals surface area (Å²) in [6.45, 7) is 3.79. The Bertz CT molecular complexity index is 1180. The predicted molar refractivity (Wildman–Crippen MR) is 131 cm³/mol. The van der Waals surface area contributed by atoms with E-state index in [1.54, 1.807) is 24.3 Å². The molecule has 2 aliphatic carbocycles. The Balaban J connectivity index is 1.33. The van der Waals surface area contributed by atoms with Crippen LogP contribution >= 0.6 is 23.1 Å². The number of aryl methyl sites for hydroxylation is 1. The molecular weight excluding hydrogens is 440 g/mol. The fourth-order valence-electron chi connectivity index (χ4n) is 4.12. The lowest BCUT2D eigenvalue weighted by atomic mass is 9.89. The van der Waals surface area contributed by atoms with E-state index in [-0.39, 0.29) is 11.8 Å². The van der Waals surface area contributed by atoms with Gasteiger partial charge in [0.1, 0.15) is 15.7 Å². The average molecular weight is 467 g/mol. The van der Waals surface area contributed by atoms with Gasteiger partial charge in [-0.15, -0.1) is 11.3 Å². The van der Waals surface area contributed by atoms with Gasteiger partial charge in [-0.25, -0.2) is 9.97 Å². The fourth-order valence-corrected chi connectivity index (χ4v) is 6.44. The van der Waals surface area contributed by atoms with Crippen LogP contribution in [0.25, 0.3) is 10.2 Å². The Hall–Kier alpha value is -2.45. The van der Waals surface area contributed by atoms with Crippen LogP contribution in [0.15, 0.2) is 29.3 Å². The highest BCUT2D eigenvalue weighted by molar-refractivity contribution is 8.00. The minimum absolute atomic E-state index is 0.0697. The fraction of sp³-hybridized carbons (Fsp3) is 0.417. The molecule has 2 aliphatic rings. The molecule has 2 N–H and O–H groups in total. The first-order valence-electron chi connectivity index (χ1n) is 11.1. The van der Waals surface area contributed by atoms with E-state index in [1.807, 2.05) is 11.3 Å². The van der Waals surface area contributed by atoms with Gasteiger partial charge in [0.15, 0.2) is 0 Å². The molecule has 8 heteroatoms. The van der Waals surface area contributed by atoms with E-state index in [1.165, 1.54) is 40.9 Å². The van der Waals surface area contributed by atoms with Crippen LogP contribution in [0, 0.1) is 5.92 Å². The van der Waals surface area contributed by atoms with Gasteiger partial charge in [0, 0.05) is 34.5 Å². The topological polar surface area (TPSA) is 84.0 Å². The summed E-state index contributed by atoms with van der Waals surface area (Å²) >= 11 is 3.34. The highest BCUT2D eigenvalue weighted by Gasteiger charge is 2.30. The van der Waals surface area contributed by atoms with Crippen LogP contribution < -0.4 is 10.6 Å². The number of benzene rings is 1. The van der Waals surface area contributed by atoms with Crippen LogP contribution in [-0.4, -0.2) is 27.5 Å². The summed E-state index contributed by atoms with van der Waals surface area (Å²) in [5.74, 6) is 2.24. The summed E-state index contributed by atoms with van der Waals surface area (Å²) in [6.07, 6.45) is 5.71. The highest BCUT2D eigenvalue weighted by Crippen LogP contribution is 2.44. The zero-order valence-corrected chi connectivity index (χ0v) is 19.9. The lowest BCUT2D eigenvalue weighted by molar-refractivity contribution is -0.114. The predicted octanol–water partition coefficient (Wildman–Crippen LogP) is 5.38. The van der Waals surface area contributed by atoms with Crippen LogP contribution in [0.2, 0.25) is 0 Å². The third-order valence-corrected chi connectivity index (χ3v) is 8.03. The third kappa shape index (κ3) is 4.66. The molecule has 1 atom stereocenters. The van der Waals surface area contributed by atoms with Crippen molar-refractivity contribution in [2.45, 2.75) is 56.9 Å². The minimum Gasteiger partial charge on any atom is -0.326 e. The molecule has 5 rings (SSSR count). The Kier molecular flexibility index (Phi) is 5.90. The second-order valence-corrected chi connectivity index (χ2v) is 10.8. The molecule has 2 aromatic heterocycles. The molecule has 3 aromatic rings. The molecule has 2 heterocycles. The zero-order valence-electron chi connectivity index (χ0n) is 18.2. The summed E-state index contributed by atoms with van der Waals surface area (Å²) < 4.78 is 0. The van der Waals surface area contributed by atoms with Gasteiger partial charge in [-0.2, -0.15) is 0 Å². The number of hydrogen-bond donors (Lipinski definition) is 2. The van der Waals surface area contributed by atoms with Crippen molar-refractivity contribution in [3.05, 3.63) is 40.5 Å². The maximum Gasteiger partial charge on any atom is 0.234 e. The Morgan fingerprint density at radius 3 is 2.50 bits per heavy atom. The van der Waals surface area contributed by atoms with E-state index in [0.717, 1.165) is 41.4 Å². The number of hydrogen-bond acceptors (Lipinski definition) is 6. The van der Waals surface area contributed by atoms with Gasteiger partial charge in [-0.3, -0.25) is 9.59 Å². The van der Waals surface area contributed by atoms with E-state index in [9.17, 15) is 9.59 Å². The quantitative estimate of drug-likeness (QED) is 0.376. The molecule has 0 spiro atoms. The summed E-state index contributed by atoms with van der Waals surface area (Å²) in [5.41, 5.74) is 2.82. The maximum atomic E-state index is 12.6. The molecular formula is C24H26N4O2S2. The second-order valence-electron chi connectivity index (χ2n) is 8.79. The van der Waals surface area contributed by atoms with Gasteiger partial charge in [0.25, 0.3) is 0 Å². The molecule has 0 saturated heterocycles. The van der Waals surface area contributed by atoms with Crippen LogP contribution in [0.3, 0.4) is 0 Å². The molecule has 0 bridgehead atoms. The van der Waals surface area contributed by atoms with Crippen molar-refractivity contribution in [2.75, 3.05) is 16.4 Å². The molecule has 2 amide bonds. The third-order valence-electron chi connectivity index (χ3n) is 5.91. The number of fused-ring (bicyclic) bond motifs is 3. The van der Waals surface area contributed by atoms with Crippen molar-refractivity contribution in [1.29, 1.82) is 0 Å². The molecule has 1 fully saturated rings. The molecule has 0 radical (unpaired) electrons. The summed E-state index contributed by atoms with van der Waals surface area (Å²) in [7, 11) is 0. The minimum atomic E-state index is -0.120. The Labute approximate surface area is 195 Å². The number of nitrogens with one attached hydrogen (secondary N) is 2. The van der Waals surface area contributed by atoms with Gasteiger partial charge >= 0.3 is 0 Å². The maximum absolute atomic E-state index is 12.6. The summed E-state index contributed by atoms with van der Waals surface area (Å²) in [5, 5.41) is 7.80. The molecule has 6 nitrogen and oxygen atoms in total. The Morgan fingerprint density at radius 2 is 1.81 bits per heavy atom. The number of carbonyl (C=O) groups excluding carboxylic acids is 2. The molecule has 0 unspecified atom stereocenters. The summed E-state index contributed by atoms with van der Waals surface area (Å²) in [4.78, 5) is 36.2. The van der Waals surface area contributed by atoms with E-state index in [0.29, 0.717) is 29.0 Å². The number of nitrogens with zero attached hydrogens (tertiary/aromatic N) is 2. The zero-order chi connectivity index (χ0) is 22.2. The number of thioether (sulfide) groups is 1. The smallest absolute Gasteiger partial charge is 0.234 e. The number of aromatic nitrogens is 2. The normalized spacial score (nSPS) is 17.8. The van der Waals surface area contributed by atoms with Gasteiger partial charge in [0.05, 0.1) is 5.75 Å². The van der Waals surface area contributed by atoms with Crippen LogP contribution in [0.5, 0.6) is 0 Å². The molecule has 1 aromatic carbocycles. The largest absolute Gasteiger partial charge is 0.326 e. The van der Waals surface area contributed by atoms with Crippen molar-refractivity contribution in [1.82, 2.24) is 9.97 Å². The number of rotatable bonds is 6. The first-order valence-corrected chi connectivity index (χ1v) is 12.9. The first-order chi connectivity index (χ1) is 15.5. The van der Waals surface area contributed by atoms with Gasteiger partial charge in [-0.05, 0) is 67.9 Å². The molecule has 166 valence electrons. The van der Waals surface area contributed by atoms with Crippen LogP contribution in [0.4, 0.5) is 11.4 Å². The second kappa shape index (κ2) is 8.83. The Morgan fingerprint density at radius 1 is 1.09 bits per heavy atom. The molecule has 1 saturated carbocycles. The molecule has 0 aliphatic heterocycles. The van der Waals surface area contributed by atoms with Crippen molar-refractivity contribution in [2.24, 2.45) is 5.92 Å². The van der Waals surface area contributed by atoms with E-state index < -0.39 is 0 Å². The number of anilines is 2. The van der Waals surface area contributed by atoms with Crippen molar-refractivity contribution < 1.29 is 9.59 Å². The van der Waals surface area contributed by atoms with E-state index >= 15 is 0 Å². The average Bonchev–Trinajstić information content (AvgIpc) is 3.54. The van der Waals surface area contributed by atoms with Gasteiger partial charge in [-0.1, -0.05) is 18.7 Å². The van der Waals surface area contributed by atoms with Crippen LogP contribution in [0.1, 0.15) is 55.3 Å². The lowest BCUT2D eigenvalue weighted by Crippen LogP contribution is -2.14. The molecule has 32 heavy (non-hydrogen) atoms. The summed E-state index contributed by atoms with van der Waals surface area (Å²) in [6, 6.07) is 7.13. The van der Waals surface area contributed by atoms with E-state index in [2.05, 4.69) is 17.6 Å². The number of thiophene rings is 1. The SMILES string of the molecule is CC(=O)Nc1ccc(NC(=O)CSc2nc(C3CC3)nc3sc4c(c23)CC[C@@H](C)C4)cc1. The number of amides is 2. The van der Waals surface area contributed by atoms with Crippen molar-refractivity contribution in [3.8, 4) is 0 Å². The van der Waals surface area contributed by atoms with Gasteiger partial charge in [0.2, 0.25) is 11.8 Å². The van der Waals surface area contributed by atoms with Gasteiger partial charge < -0.3 is 10.6 Å².